The van der Waals surface area contributed by atoms with Crippen molar-refractivity contribution in [2.75, 3.05) is 12.1 Å². The minimum absolute atomic E-state index is 0.119. The quantitative estimate of drug-likeness (QED) is 0.885. The summed E-state index contributed by atoms with van der Waals surface area (Å²) in [5, 5.41) is 22.8. The molecule has 0 aromatic heterocycles. The number of aromatic hydroxyl groups is 1. The number of nitrogens with zero attached hydrogens (tertiary/aromatic N) is 2. The molecule has 0 fully saturated rings. The van der Waals surface area contributed by atoms with Gasteiger partial charge in [-0.25, -0.2) is 5.01 Å². The first-order chi connectivity index (χ1) is 9.43. The second-order valence-corrected chi connectivity index (χ2v) is 5.05. The summed E-state index contributed by atoms with van der Waals surface area (Å²) in [6.07, 6.45) is 0.649. The SMILES string of the molecule is CC1=C(CCC(=O)O)C(C)N(C)N1c1ccccc1O. The fourth-order valence-electron chi connectivity index (χ4n) is 2.70. The van der Waals surface area contributed by atoms with Gasteiger partial charge in [-0.05, 0) is 38.0 Å². The van der Waals surface area contributed by atoms with Crippen molar-refractivity contribution in [2.45, 2.75) is 32.7 Å². The van der Waals surface area contributed by atoms with Gasteiger partial charge in [-0.1, -0.05) is 12.1 Å². The zero-order valence-electron chi connectivity index (χ0n) is 12.0. The molecule has 108 valence electrons. The molecule has 20 heavy (non-hydrogen) atoms. The summed E-state index contributed by atoms with van der Waals surface area (Å²) in [4.78, 5) is 10.8. The molecule has 5 heteroatoms. The highest BCUT2D eigenvalue weighted by atomic mass is 16.4. The zero-order chi connectivity index (χ0) is 14.9. The molecule has 0 bridgehead atoms. The van der Waals surface area contributed by atoms with E-state index in [9.17, 15) is 9.90 Å². The van der Waals surface area contributed by atoms with Gasteiger partial charge < -0.3 is 10.2 Å². The van der Waals surface area contributed by atoms with Gasteiger partial charge in [-0.2, -0.15) is 0 Å². The molecule has 2 N–H and O–H groups in total. The number of phenolic OH excluding ortho intramolecular Hbond substituents is 1. The highest BCUT2D eigenvalue weighted by Crippen LogP contribution is 2.38. The standard InChI is InChI=1S/C15H20N2O3/c1-10-12(8-9-15(19)20)11(2)17(16(10)3)13-6-4-5-7-14(13)18/h4-7,10,18H,8-9H2,1-3H3,(H,19,20). The Balaban J connectivity index is 2.34. The molecule has 1 aliphatic rings. The predicted molar refractivity (Wildman–Crippen MR) is 77.4 cm³/mol. The van der Waals surface area contributed by atoms with Crippen LogP contribution in [0.15, 0.2) is 35.5 Å². The zero-order valence-corrected chi connectivity index (χ0v) is 12.0. The molecular weight excluding hydrogens is 256 g/mol. The van der Waals surface area contributed by atoms with E-state index in [2.05, 4.69) is 0 Å². The van der Waals surface area contributed by atoms with Crippen molar-refractivity contribution in [3.8, 4) is 5.75 Å². The molecule has 0 saturated heterocycles. The molecule has 0 saturated carbocycles. The maximum absolute atomic E-state index is 10.8. The molecule has 0 spiro atoms. The number of allylic oxidation sites excluding steroid dienone is 1. The van der Waals surface area contributed by atoms with E-state index in [1.807, 2.05) is 43.0 Å². The Morgan fingerprint density at radius 2 is 2.00 bits per heavy atom. The summed E-state index contributed by atoms with van der Waals surface area (Å²) >= 11 is 0. The van der Waals surface area contributed by atoms with Crippen molar-refractivity contribution in [2.24, 2.45) is 0 Å². The van der Waals surface area contributed by atoms with Crippen LogP contribution < -0.4 is 5.01 Å². The minimum Gasteiger partial charge on any atom is -0.506 e. The second kappa shape index (κ2) is 5.54. The van der Waals surface area contributed by atoms with Gasteiger partial charge in [0.2, 0.25) is 0 Å². The van der Waals surface area contributed by atoms with Crippen LogP contribution in [-0.4, -0.2) is 34.3 Å². The number of rotatable bonds is 4. The lowest BCUT2D eigenvalue weighted by Gasteiger charge is -2.31. The number of para-hydroxylation sites is 2. The van der Waals surface area contributed by atoms with Gasteiger partial charge in [0.1, 0.15) is 5.75 Å². The normalized spacial score (nSPS) is 19.8. The van der Waals surface area contributed by atoms with E-state index in [1.165, 1.54) is 0 Å². The Labute approximate surface area is 118 Å². The van der Waals surface area contributed by atoms with Gasteiger partial charge in [0.05, 0.1) is 5.69 Å². The highest BCUT2D eigenvalue weighted by molar-refractivity contribution is 5.68. The molecule has 0 aliphatic carbocycles. The van der Waals surface area contributed by atoms with Crippen LogP contribution in [0.5, 0.6) is 5.75 Å². The Morgan fingerprint density at radius 1 is 1.35 bits per heavy atom. The number of phenols is 1. The molecule has 2 rings (SSSR count). The molecule has 0 amide bonds. The van der Waals surface area contributed by atoms with Crippen LogP contribution in [0, 0.1) is 0 Å². The summed E-state index contributed by atoms with van der Waals surface area (Å²) in [6.45, 7) is 4.00. The van der Waals surface area contributed by atoms with Crippen molar-refractivity contribution in [3.63, 3.8) is 0 Å². The van der Waals surface area contributed by atoms with Crippen molar-refractivity contribution in [1.29, 1.82) is 0 Å². The van der Waals surface area contributed by atoms with Crippen molar-refractivity contribution in [3.05, 3.63) is 35.5 Å². The monoisotopic (exact) mass is 276 g/mol. The lowest BCUT2D eigenvalue weighted by atomic mass is 10.0. The maximum atomic E-state index is 10.8. The van der Waals surface area contributed by atoms with Crippen LogP contribution in [0.25, 0.3) is 0 Å². The number of carboxylic acid groups (broad SMARTS) is 1. The number of anilines is 1. The van der Waals surface area contributed by atoms with Crippen LogP contribution in [0.1, 0.15) is 26.7 Å². The van der Waals surface area contributed by atoms with Crippen LogP contribution in [0.3, 0.4) is 0 Å². The lowest BCUT2D eigenvalue weighted by molar-refractivity contribution is -0.136. The summed E-state index contributed by atoms with van der Waals surface area (Å²) in [6, 6.07) is 7.27. The molecule has 0 radical (unpaired) electrons. The van der Waals surface area contributed by atoms with Crippen molar-refractivity contribution < 1.29 is 15.0 Å². The third-order valence-corrected chi connectivity index (χ3v) is 3.88. The number of aliphatic carboxylic acids is 1. The minimum atomic E-state index is -0.791. The van der Waals surface area contributed by atoms with Gasteiger partial charge in [-0.3, -0.25) is 9.80 Å². The van der Waals surface area contributed by atoms with E-state index >= 15 is 0 Å². The smallest absolute Gasteiger partial charge is 0.303 e. The van der Waals surface area contributed by atoms with Crippen molar-refractivity contribution >= 4 is 11.7 Å². The first kappa shape index (κ1) is 14.4. The lowest BCUT2D eigenvalue weighted by Crippen LogP contribution is -2.38. The first-order valence-electron chi connectivity index (χ1n) is 6.65. The predicted octanol–water partition coefficient (Wildman–Crippen LogP) is 2.59. The van der Waals surface area contributed by atoms with Gasteiger partial charge in [0.25, 0.3) is 0 Å². The molecule has 1 heterocycles. The third kappa shape index (κ3) is 2.49. The molecule has 1 aliphatic heterocycles. The first-order valence-corrected chi connectivity index (χ1v) is 6.65. The Bertz CT molecular complexity index is 554. The van der Waals surface area contributed by atoms with E-state index in [4.69, 9.17) is 5.11 Å². The largest absolute Gasteiger partial charge is 0.506 e. The molecule has 1 atom stereocenters. The second-order valence-electron chi connectivity index (χ2n) is 5.05. The van der Waals surface area contributed by atoms with E-state index < -0.39 is 5.97 Å². The van der Waals surface area contributed by atoms with E-state index in [0.29, 0.717) is 12.1 Å². The maximum Gasteiger partial charge on any atom is 0.303 e. The highest BCUT2D eigenvalue weighted by Gasteiger charge is 2.33. The van der Waals surface area contributed by atoms with E-state index in [1.54, 1.807) is 12.1 Å². The molecule has 5 nitrogen and oxygen atoms in total. The third-order valence-electron chi connectivity index (χ3n) is 3.88. The Morgan fingerprint density at radius 3 is 2.60 bits per heavy atom. The van der Waals surface area contributed by atoms with Crippen LogP contribution in [-0.2, 0) is 4.79 Å². The van der Waals surface area contributed by atoms with Gasteiger partial charge >= 0.3 is 5.97 Å². The van der Waals surface area contributed by atoms with Gasteiger partial charge in [0.15, 0.2) is 0 Å². The van der Waals surface area contributed by atoms with E-state index in [-0.39, 0.29) is 18.2 Å². The molecular formula is C15H20N2O3. The van der Waals surface area contributed by atoms with Crippen molar-refractivity contribution in [1.82, 2.24) is 5.01 Å². The number of hydrogen-bond acceptors (Lipinski definition) is 4. The average molecular weight is 276 g/mol. The molecule has 1 aromatic rings. The number of carboxylic acids is 1. The fourth-order valence-corrected chi connectivity index (χ4v) is 2.70. The fraction of sp³-hybridized carbons (Fsp3) is 0.400. The summed E-state index contributed by atoms with van der Waals surface area (Å²) in [5.41, 5.74) is 2.80. The molecule has 1 unspecified atom stereocenters. The Kier molecular flexibility index (Phi) is 3.99. The number of hydrazine groups is 1. The van der Waals surface area contributed by atoms with Gasteiger partial charge in [0, 0.05) is 25.2 Å². The number of hydrogen-bond donors (Lipinski definition) is 2. The van der Waals surface area contributed by atoms with Gasteiger partial charge in [-0.15, -0.1) is 0 Å². The number of likely N-dealkylation sites (N-methyl/N-ethyl adjacent to an activating group) is 1. The number of carbonyl (C=O) groups is 1. The van der Waals surface area contributed by atoms with Crippen LogP contribution in [0.4, 0.5) is 5.69 Å². The van der Waals surface area contributed by atoms with Crippen LogP contribution in [0.2, 0.25) is 0 Å². The van der Waals surface area contributed by atoms with E-state index in [0.717, 1.165) is 11.3 Å². The van der Waals surface area contributed by atoms with Crippen LogP contribution >= 0.6 is 0 Å². The molecule has 1 aromatic carbocycles. The topological polar surface area (TPSA) is 64.0 Å². The Hall–Kier alpha value is -2.01. The summed E-state index contributed by atoms with van der Waals surface area (Å²) in [5.74, 6) is -0.577. The number of benzene rings is 1. The summed E-state index contributed by atoms with van der Waals surface area (Å²) < 4.78 is 0. The average Bonchev–Trinajstić information content (AvgIpc) is 2.60. The summed E-state index contributed by atoms with van der Waals surface area (Å²) in [7, 11) is 1.94.